The molecule has 0 amide bonds. The number of nitrogens with zero attached hydrogens (tertiary/aromatic N) is 2. The normalized spacial score (nSPS) is 22.7. The smallest absolute Gasteiger partial charge is 0.202 e. The second-order valence-electron chi connectivity index (χ2n) is 13.7. The Morgan fingerprint density at radius 3 is 2.33 bits per heavy atom. The summed E-state index contributed by atoms with van der Waals surface area (Å²) in [4.78, 5) is 19.5. The molecule has 0 aromatic heterocycles. The number of allylic oxidation sites excluding steroid dienone is 3. The number of rotatable bonds is 14. The molecule has 1 aliphatic carbocycles. The Labute approximate surface area is 292 Å². The second kappa shape index (κ2) is 17.5. The third-order valence-corrected chi connectivity index (χ3v) is 10.1. The van der Waals surface area contributed by atoms with Crippen molar-refractivity contribution in [2.45, 2.75) is 65.1 Å². The predicted molar refractivity (Wildman–Crippen MR) is 195 cm³/mol. The zero-order valence-corrected chi connectivity index (χ0v) is 29.3. The first-order valence-electron chi connectivity index (χ1n) is 18.3. The number of hydrogen-bond acceptors (Lipinski definition) is 7. The van der Waals surface area contributed by atoms with E-state index in [9.17, 15) is 4.79 Å². The Morgan fingerprint density at radius 1 is 0.878 bits per heavy atom. The highest BCUT2D eigenvalue weighted by Crippen LogP contribution is 2.33. The fourth-order valence-electron chi connectivity index (χ4n) is 7.13. The molecule has 1 saturated heterocycles. The van der Waals surface area contributed by atoms with Gasteiger partial charge in [-0.3, -0.25) is 9.69 Å². The molecule has 0 saturated carbocycles. The lowest BCUT2D eigenvalue weighted by molar-refractivity contribution is -0.126. The molecular formula is C42H53N3O4. The van der Waals surface area contributed by atoms with Crippen LogP contribution in [0.3, 0.4) is 0 Å². The van der Waals surface area contributed by atoms with E-state index in [1.807, 2.05) is 12.1 Å². The Kier molecular flexibility index (Phi) is 12.5. The number of fused-ring (bicyclic) bond motifs is 1. The summed E-state index contributed by atoms with van der Waals surface area (Å²) in [5.41, 5.74) is 4.72. The van der Waals surface area contributed by atoms with Crippen LogP contribution in [0.25, 0.3) is 0 Å². The molecule has 0 spiro atoms. The van der Waals surface area contributed by atoms with Gasteiger partial charge in [0, 0.05) is 45.2 Å². The molecule has 3 aromatic rings. The Balaban J connectivity index is 1.17. The van der Waals surface area contributed by atoms with Crippen LogP contribution in [0.5, 0.6) is 11.5 Å². The van der Waals surface area contributed by atoms with Crippen molar-refractivity contribution in [2.75, 3.05) is 45.9 Å². The van der Waals surface area contributed by atoms with E-state index in [4.69, 9.17) is 14.2 Å². The number of ether oxygens (including phenoxy) is 3. The first-order chi connectivity index (χ1) is 24.1. The van der Waals surface area contributed by atoms with Gasteiger partial charge in [-0.1, -0.05) is 86.7 Å². The lowest BCUT2D eigenvalue weighted by Crippen LogP contribution is -2.46. The summed E-state index contributed by atoms with van der Waals surface area (Å²) in [7, 11) is 0. The molecule has 0 radical (unpaired) electrons. The van der Waals surface area contributed by atoms with Crippen molar-refractivity contribution < 1.29 is 19.0 Å². The third kappa shape index (κ3) is 9.55. The fourth-order valence-corrected chi connectivity index (χ4v) is 7.13. The molecule has 3 unspecified atom stereocenters. The quantitative estimate of drug-likeness (QED) is 0.184. The van der Waals surface area contributed by atoms with Crippen molar-refractivity contribution in [1.82, 2.24) is 15.1 Å². The highest BCUT2D eigenvalue weighted by Gasteiger charge is 2.34. The van der Waals surface area contributed by atoms with Crippen LogP contribution >= 0.6 is 0 Å². The summed E-state index contributed by atoms with van der Waals surface area (Å²) >= 11 is 0. The summed E-state index contributed by atoms with van der Waals surface area (Å²) < 4.78 is 18.4. The molecule has 1 fully saturated rings. The van der Waals surface area contributed by atoms with E-state index in [1.54, 1.807) is 0 Å². The molecule has 0 bridgehead atoms. The van der Waals surface area contributed by atoms with E-state index in [0.717, 1.165) is 95.1 Å². The summed E-state index contributed by atoms with van der Waals surface area (Å²) in [6.07, 6.45) is 8.66. The highest BCUT2D eigenvalue weighted by molar-refractivity contribution is 5.96. The van der Waals surface area contributed by atoms with Gasteiger partial charge in [0.05, 0.1) is 11.8 Å². The van der Waals surface area contributed by atoms with Crippen molar-refractivity contribution in [3.63, 3.8) is 0 Å². The van der Waals surface area contributed by atoms with Crippen LogP contribution in [0, 0.1) is 11.8 Å². The molecule has 3 atom stereocenters. The number of Topliss-reactive ketones (excluding diaryl/α,β-unsaturated/α-hetero) is 1. The lowest BCUT2D eigenvalue weighted by atomic mass is 9.81. The minimum Gasteiger partial charge on any atom is -0.486 e. The largest absolute Gasteiger partial charge is 0.486 e. The van der Waals surface area contributed by atoms with E-state index in [2.05, 4.69) is 108 Å². The van der Waals surface area contributed by atoms with Crippen molar-refractivity contribution in [3.8, 4) is 11.5 Å². The van der Waals surface area contributed by atoms with Crippen LogP contribution in [-0.4, -0.2) is 67.6 Å². The van der Waals surface area contributed by atoms with E-state index >= 15 is 0 Å². The zero-order chi connectivity index (χ0) is 33.8. The number of nitrogens with one attached hydrogen (secondary N) is 1. The van der Waals surface area contributed by atoms with E-state index in [-0.39, 0.29) is 23.7 Å². The number of carbonyl (C=O) groups excluding carboxylic acids is 1. The zero-order valence-electron chi connectivity index (χ0n) is 29.3. The summed E-state index contributed by atoms with van der Waals surface area (Å²) in [6.45, 7) is 11.6. The lowest BCUT2D eigenvalue weighted by Gasteiger charge is -2.38. The molecule has 260 valence electrons. The molecular weight excluding hydrogens is 610 g/mol. The minimum absolute atomic E-state index is 0.0494. The van der Waals surface area contributed by atoms with E-state index in [0.29, 0.717) is 19.0 Å². The first kappa shape index (κ1) is 34.8. The maximum Gasteiger partial charge on any atom is 0.202 e. The van der Waals surface area contributed by atoms with Crippen LogP contribution in [0.15, 0.2) is 102 Å². The molecule has 3 aliphatic rings. The van der Waals surface area contributed by atoms with Gasteiger partial charge in [-0.05, 0) is 79.5 Å². The fraction of sp³-hybridized carbons (Fsp3) is 0.452. The predicted octanol–water partition coefficient (Wildman–Crippen LogP) is 7.18. The van der Waals surface area contributed by atoms with Gasteiger partial charge in [-0.2, -0.15) is 0 Å². The van der Waals surface area contributed by atoms with Crippen LogP contribution in [0.2, 0.25) is 0 Å². The summed E-state index contributed by atoms with van der Waals surface area (Å²) in [6, 6.07) is 27.3. The van der Waals surface area contributed by atoms with Crippen molar-refractivity contribution in [3.05, 3.63) is 119 Å². The van der Waals surface area contributed by atoms with Crippen LogP contribution < -0.4 is 14.8 Å². The maximum atomic E-state index is 14.7. The Bertz CT molecular complexity index is 1550. The Hall–Kier alpha value is -4.07. The molecule has 1 N–H and O–H groups in total. The van der Waals surface area contributed by atoms with Gasteiger partial charge in [-0.25, -0.2) is 0 Å². The van der Waals surface area contributed by atoms with Gasteiger partial charge in [0.25, 0.3) is 0 Å². The molecule has 2 heterocycles. The highest BCUT2D eigenvalue weighted by atomic mass is 16.6. The molecule has 6 rings (SSSR count). The summed E-state index contributed by atoms with van der Waals surface area (Å²) in [5, 5.41) is 3.58. The molecule has 2 aliphatic heterocycles. The SMILES string of the molecule is CCC(CCNCc1ccccc1)O/C1=C(N2CCN(Cc3ccc4c(c3)OCCO4)CC2)/C=C/CC(C)C(CCc2ccccc2)C1=O. The summed E-state index contributed by atoms with van der Waals surface area (Å²) in [5.74, 6) is 2.54. The van der Waals surface area contributed by atoms with Crippen molar-refractivity contribution >= 4 is 5.78 Å². The van der Waals surface area contributed by atoms with Gasteiger partial charge in [0.15, 0.2) is 17.3 Å². The van der Waals surface area contributed by atoms with Gasteiger partial charge in [-0.15, -0.1) is 0 Å². The van der Waals surface area contributed by atoms with Gasteiger partial charge < -0.3 is 24.4 Å². The number of benzene rings is 3. The number of carbonyl (C=O) groups is 1. The van der Waals surface area contributed by atoms with Gasteiger partial charge >= 0.3 is 0 Å². The topological polar surface area (TPSA) is 63.3 Å². The average Bonchev–Trinajstić information content (AvgIpc) is 3.14. The third-order valence-electron chi connectivity index (χ3n) is 10.1. The standard InChI is InChI=1S/C42H53N3O4/c1-3-36(21-22-43-30-34-14-8-5-9-15-34)49-42-38(16-10-11-32(2)37(41(42)46)19-17-33-12-6-4-7-13-33)45-25-23-44(24-26-45)31-35-18-20-39-40(29-35)48-28-27-47-39/h4-10,12-16,18,20,29,32,36-37,43H,3,11,17,19,21-28,30-31H2,1-2H3/b16-10+,42-38-. The maximum absolute atomic E-state index is 14.7. The molecule has 49 heavy (non-hydrogen) atoms. The van der Waals surface area contributed by atoms with Crippen molar-refractivity contribution in [2.24, 2.45) is 11.8 Å². The molecule has 7 nitrogen and oxygen atoms in total. The number of aryl methyl sites for hydroxylation is 1. The number of piperazine rings is 1. The first-order valence-corrected chi connectivity index (χ1v) is 18.3. The second-order valence-corrected chi connectivity index (χ2v) is 13.7. The van der Waals surface area contributed by atoms with Crippen LogP contribution in [0.1, 0.15) is 56.2 Å². The van der Waals surface area contributed by atoms with Gasteiger partial charge in [0.2, 0.25) is 5.78 Å². The van der Waals surface area contributed by atoms with Crippen LogP contribution in [0.4, 0.5) is 0 Å². The van der Waals surface area contributed by atoms with E-state index < -0.39 is 0 Å². The van der Waals surface area contributed by atoms with E-state index in [1.165, 1.54) is 16.7 Å². The number of ketones is 1. The number of hydrogen-bond donors (Lipinski definition) is 1. The molecule has 7 heteroatoms. The van der Waals surface area contributed by atoms with Crippen LogP contribution in [-0.2, 0) is 29.0 Å². The van der Waals surface area contributed by atoms with Gasteiger partial charge in [0.1, 0.15) is 13.2 Å². The minimum atomic E-state index is -0.0969. The Morgan fingerprint density at radius 2 is 1.59 bits per heavy atom. The molecule has 3 aromatic carbocycles. The monoisotopic (exact) mass is 663 g/mol. The average molecular weight is 664 g/mol. The van der Waals surface area contributed by atoms with Crippen molar-refractivity contribution in [1.29, 1.82) is 0 Å².